The number of nitrogens with zero attached hydrogens (tertiary/aromatic N) is 5. The van der Waals surface area contributed by atoms with Gasteiger partial charge in [-0.1, -0.05) is 12.1 Å². The highest BCUT2D eigenvalue weighted by atomic mass is 35.5. The molecule has 2 N–H and O–H groups in total. The van der Waals surface area contributed by atoms with Crippen molar-refractivity contribution in [1.82, 2.24) is 24.8 Å². The summed E-state index contributed by atoms with van der Waals surface area (Å²) in [6.07, 6.45) is 6.22. The molecule has 1 unspecified atom stereocenters. The van der Waals surface area contributed by atoms with Gasteiger partial charge < -0.3 is 19.7 Å². The summed E-state index contributed by atoms with van der Waals surface area (Å²) in [6, 6.07) is 11.5. The van der Waals surface area contributed by atoms with Crippen molar-refractivity contribution < 1.29 is 14.0 Å². The Labute approximate surface area is 252 Å². The zero-order chi connectivity index (χ0) is 27.7. The number of thiazole rings is 1. The molecule has 2 aromatic carbocycles. The first-order valence-electron chi connectivity index (χ1n) is 14.0. The third-order valence-electron chi connectivity index (χ3n) is 8.88. The van der Waals surface area contributed by atoms with E-state index in [1.807, 2.05) is 16.7 Å². The maximum atomic E-state index is 15.6. The number of fused-ring (bicyclic) bond motifs is 4. The lowest BCUT2D eigenvalue weighted by Gasteiger charge is -2.29. The highest BCUT2D eigenvalue weighted by molar-refractivity contribution is 7.13. The Morgan fingerprint density at radius 1 is 1.17 bits per heavy atom. The van der Waals surface area contributed by atoms with Crippen LogP contribution in [0.25, 0.3) is 11.1 Å². The number of imidazole rings is 1. The van der Waals surface area contributed by atoms with Crippen LogP contribution in [0.5, 0.6) is 0 Å². The third kappa shape index (κ3) is 4.38. The number of carbonyl (C=O) groups is 2. The lowest BCUT2D eigenvalue weighted by molar-refractivity contribution is -0.121. The molecule has 0 saturated carbocycles. The van der Waals surface area contributed by atoms with Gasteiger partial charge in [0.05, 0.1) is 18.6 Å². The van der Waals surface area contributed by atoms with E-state index in [-0.39, 0.29) is 30.4 Å². The van der Waals surface area contributed by atoms with Crippen molar-refractivity contribution in [3.63, 3.8) is 0 Å². The Balaban J connectivity index is 0.00000288. The number of hydrogen-bond donors (Lipinski definition) is 2. The van der Waals surface area contributed by atoms with Crippen molar-refractivity contribution in [3.05, 3.63) is 82.6 Å². The van der Waals surface area contributed by atoms with E-state index in [1.165, 1.54) is 28.7 Å². The van der Waals surface area contributed by atoms with Gasteiger partial charge in [0.2, 0.25) is 0 Å². The summed E-state index contributed by atoms with van der Waals surface area (Å²) in [4.78, 5) is 40.2. The summed E-state index contributed by atoms with van der Waals surface area (Å²) >= 11 is 1.30. The molecule has 0 spiro atoms. The third-order valence-corrected chi connectivity index (χ3v) is 9.57. The summed E-state index contributed by atoms with van der Waals surface area (Å²) in [5.41, 5.74) is 4.71. The summed E-state index contributed by atoms with van der Waals surface area (Å²) in [7, 11) is 0. The Morgan fingerprint density at radius 3 is 2.76 bits per heavy atom. The minimum absolute atomic E-state index is 0. The monoisotopic (exact) mass is 605 g/mol. The van der Waals surface area contributed by atoms with Gasteiger partial charge in [-0.15, -0.1) is 23.7 Å². The molecule has 6 heterocycles. The first kappa shape index (κ1) is 27.1. The second-order valence-electron chi connectivity index (χ2n) is 11.2. The molecule has 0 aliphatic carbocycles. The van der Waals surface area contributed by atoms with Gasteiger partial charge in [0.1, 0.15) is 5.82 Å². The number of aromatic nitrogens is 3. The average molecular weight is 606 g/mol. The molecule has 2 bridgehead atoms. The maximum Gasteiger partial charge on any atom is 0.255 e. The molecule has 8 rings (SSSR count). The van der Waals surface area contributed by atoms with Crippen LogP contribution >= 0.6 is 23.7 Å². The molecule has 4 aromatic rings. The molecule has 2 amide bonds. The van der Waals surface area contributed by atoms with Crippen LogP contribution in [-0.2, 0) is 24.3 Å². The van der Waals surface area contributed by atoms with Gasteiger partial charge in [0, 0.05) is 65.8 Å². The van der Waals surface area contributed by atoms with E-state index >= 15 is 4.39 Å². The molecule has 9 nitrogen and oxygen atoms in total. The number of piperazine rings is 1. The number of amides is 2. The highest BCUT2D eigenvalue weighted by Gasteiger charge is 2.42. The zero-order valence-corrected chi connectivity index (χ0v) is 24.3. The first-order chi connectivity index (χ1) is 20.0. The van der Waals surface area contributed by atoms with Crippen molar-refractivity contribution in [2.45, 2.75) is 50.5 Å². The number of anilines is 2. The standard InChI is InChI=1S/C30H28FN7O2S.ClH/c31-24-11-18(17-3-5-20(6-4-17)37-14-19-12-21(37)13-33-19)10-22-23(24)15-38(29(22)40)27(28(39)35-30-32-7-9-41-30)26-25-2-1-8-36(25)16-34-26;/h3-7,9-11,16,19,21,27,33H,1-2,8,12-15H2,(H,32,35,39);1H/t19-,21-,27?;/m1./s1. The molecule has 216 valence electrons. The van der Waals surface area contributed by atoms with Crippen molar-refractivity contribution in [2.75, 3.05) is 23.3 Å². The van der Waals surface area contributed by atoms with Crippen LogP contribution in [0.2, 0.25) is 0 Å². The van der Waals surface area contributed by atoms with Crippen LogP contribution < -0.4 is 15.5 Å². The first-order valence-corrected chi connectivity index (χ1v) is 14.9. The van der Waals surface area contributed by atoms with Crippen molar-refractivity contribution >= 4 is 46.4 Å². The Kier molecular flexibility index (Phi) is 6.75. The predicted octanol–water partition coefficient (Wildman–Crippen LogP) is 4.40. The Bertz CT molecular complexity index is 1680. The fourth-order valence-electron chi connectivity index (χ4n) is 6.89. The minimum atomic E-state index is -0.999. The van der Waals surface area contributed by atoms with E-state index in [9.17, 15) is 9.59 Å². The predicted molar refractivity (Wildman–Crippen MR) is 161 cm³/mol. The fourth-order valence-corrected chi connectivity index (χ4v) is 7.42. The molecular weight excluding hydrogens is 577 g/mol. The second kappa shape index (κ2) is 10.5. The highest BCUT2D eigenvalue weighted by Crippen LogP contribution is 2.38. The Hall–Kier alpha value is -3.80. The Morgan fingerprint density at radius 2 is 2.02 bits per heavy atom. The van der Waals surface area contributed by atoms with Crippen LogP contribution in [0.3, 0.4) is 0 Å². The normalized spacial score (nSPS) is 20.9. The quantitative estimate of drug-likeness (QED) is 0.338. The van der Waals surface area contributed by atoms with Crippen LogP contribution in [0.4, 0.5) is 15.2 Å². The zero-order valence-electron chi connectivity index (χ0n) is 22.6. The molecular formula is C30H29ClFN7O2S. The lowest BCUT2D eigenvalue weighted by atomic mass is 9.99. The van der Waals surface area contributed by atoms with Gasteiger partial charge in [-0.25, -0.2) is 14.4 Å². The van der Waals surface area contributed by atoms with Crippen molar-refractivity contribution in [1.29, 1.82) is 0 Å². The topological polar surface area (TPSA) is 95.4 Å². The largest absolute Gasteiger partial charge is 0.366 e. The van der Waals surface area contributed by atoms with Gasteiger partial charge in [-0.05, 0) is 54.7 Å². The van der Waals surface area contributed by atoms with Crippen LogP contribution in [0.15, 0.2) is 54.3 Å². The van der Waals surface area contributed by atoms with Crippen LogP contribution in [0, 0.1) is 5.82 Å². The number of nitrogens with one attached hydrogen (secondary N) is 2. The molecule has 4 aliphatic heterocycles. The number of halogens is 2. The minimum Gasteiger partial charge on any atom is -0.366 e. The van der Waals surface area contributed by atoms with E-state index in [0.717, 1.165) is 49.4 Å². The van der Waals surface area contributed by atoms with Gasteiger partial charge in [-0.2, -0.15) is 0 Å². The second-order valence-corrected chi connectivity index (χ2v) is 12.1. The summed E-state index contributed by atoms with van der Waals surface area (Å²) < 4.78 is 17.6. The summed E-state index contributed by atoms with van der Waals surface area (Å²) in [5.74, 6) is -1.23. The number of aryl methyl sites for hydroxylation is 1. The molecule has 2 fully saturated rings. The number of carbonyl (C=O) groups excluding carboxylic acids is 2. The van der Waals surface area contributed by atoms with Gasteiger partial charge in [-0.3, -0.25) is 14.9 Å². The van der Waals surface area contributed by atoms with E-state index in [0.29, 0.717) is 34.0 Å². The molecule has 12 heteroatoms. The van der Waals surface area contributed by atoms with Gasteiger partial charge in [0.15, 0.2) is 11.2 Å². The van der Waals surface area contributed by atoms with E-state index in [2.05, 4.69) is 37.6 Å². The van der Waals surface area contributed by atoms with Crippen LogP contribution in [0.1, 0.15) is 46.2 Å². The summed E-state index contributed by atoms with van der Waals surface area (Å²) in [6.45, 7) is 2.82. The molecule has 42 heavy (non-hydrogen) atoms. The SMILES string of the molecule is Cl.O=C(Nc1nccs1)C(c1ncn2c1CCC2)N1Cc2c(F)cc(-c3ccc(N4C[C@H]5C[C@@H]4CN5)cc3)cc2C1=O. The number of rotatable bonds is 6. The fraction of sp³-hybridized carbons (Fsp3) is 0.333. The van der Waals surface area contributed by atoms with E-state index in [4.69, 9.17) is 0 Å². The maximum absolute atomic E-state index is 15.6. The van der Waals surface area contributed by atoms with Gasteiger partial charge in [0.25, 0.3) is 11.8 Å². The number of hydrogen-bond acceptors (Lipinski definition) is 7. The van der Waals surface area contributed by atoms with Crippen molar-refractivity contribution in [3.8, 4) is 11.1 Å². The summed E-state index contributed by atoms with van der Waals surface area (Å²) in [5, 5.41) is 8.57. The average Bonchev–Trinajstić information content (AvgIpc) is 3.82. The molecule has 3 atom stereocenters. The molecule has 4 aliphatic rings. The number of benzene rings is 2. The van der Waals surface area contributed by atoms with Gasteiger partial charge >= 0.3 is 0 Å². The molecule has 2 saturated heterocycles. The van der Waals surface area contributed by atoms with E-state index < -0.39 is 17.8 Å². The smallest absolute Gasteiger partial charge is 0.255 e. The molecule has 0 radical (unpaired) electrons. The lowest BCUT2D eigenvalue weighted by Crippen LogP contribution is -2.43. The van der Waals surface area contributed by atoms with E-state index in [1.54, 1.807) is 24.0 Å². The van der Waals surface area contributed by atoms with Crippen molar-refractivity contribution in [2.24, 2.45) is 0 Å². The molecule has 2 aromatic heterocycles. The van der Waals surface area contributed by atoms with Crippen LogP contribution in [-0.4, -0.2) is 56.4 Å².